The lowest BCUT2D eigenvalue weighted by molar-refractivity contribution is 0.653. The van der Waals surface area contributed by atoms with Gasteiger partial charge >= 0.3 is 0 Å². The number of allylic oxidation sites excluding steroid dienone is 12. The lowest BCUT2D eigenvalue weighted by Crippen LogP contribution is -2.16. The van der Waals surface area contributed by atoms with E-state index in [1.807, 2.05) is 0 Å². The van der Waals surface area contributed by atoms with Crippen molar-refractivity contribution in [2.75, 3.05) is 0 Å². The van der Waals surface area contributed by atoms with Crippen LogP contribution in [-0.4, -0.2) is 0 Å². The molecular weight excluding hydrogens is 336 g/mol. The van der Waals surface area contributed by atoms with Crippen LogP contribution in [0.25, 0.3) is 11.1 Å². The van der Waals surface area contributed by atoms with E-state index in [1.165, 1.54) is 39.0 Å². The second-order valence-electron chi connectivity index (χ2n) is 7.95. The molecule has 0 bridgehead atoms. The summed E-state index contributed by atoms with van der Waals surface area (Å²) in [4.78, 5) is 0. The molecule has 0 fully saturated rings. The SMILES string of the molecule is Cc1ccc2c(c1)C(C)(C)C1=C2C=CC=CC=C(c2ccccc2)C=CC=C1. The van der Waals surface area contributed by atoms with Gasteiger partial charge in [0.15, 0.2) is 0 Å². The zero-order chi connectivity index (χ0) is 19.6. The highest BCUT2D eigenvalue weighted by molar-refractivity contribution is 5.88. The lowest BCUT2D eigenvalue weighted by Gasteiger charge is -2.23. The first-order valence-corrected chi connectivity index (χ1v) is 9.89. The van der Waals surface area contributed by atoms with Crippen LogP contribution in [0.3, 0.4) is 0 Å². The third-order valence-electron chi connectivity index (χ3n) is 5.62. The van der Waals surface area contributed by atoms with Crippen LogP contribution < -0.4 is 0 Å². The van der Waals surface area contributed by atoms with Crippen LogP contribution >= 0.6 is 0 Å². The van der Waals surface area contributed by atoms with E-state index in [2.05, 4.69) is 124 Å². The average molecular weight is 363 g/mol. The van der Waals surface area contributed by atoms with Crippen molar-refractivity contribution in [1.29, 1.82) is 0 Å². The van der Waals surface area contributed by atoms with Crippen LogP contribution in [0.1, 0.15) is 36.1 Å². The number of benzene rings is 2. The molecule has 0 aromatic heterocycles. The monoisotopic (exact) mass is 362 g/mol. The predicted molar refractivity (Wildman–Crippen MR) is 122 cm³/mol. The van der Waals surface area contributed by atoms with Crippen molar-refractivity contribution >= 4 is 11.1 Å². The first-order valence-electron chi connectivity index (χ1n) is 9.89. The Morgan fingerprint density at radius 2 is 1.46 bits per heavy atom. The Kier molecular flexibility index (Phi) is 4.88. The van der Waals surface area contributed by atoms with Crippen LogP contribution in [0.5, 0.6) is 0 Å². The molecule has 0 N–H and O–H groups in total. The van der Waals surface area contributed by atoms with Crippen molar-refractivity contribution < 1.29 is 0 Å². The molecule has 4 rings (SSSR count). The molecule has 0 unspecified atom stereocenters. The van der Waals surface area contributed by atoms with E-state index in [4.69, 9.17) is 0 Å². The molecule has 2 aliphatic rings. The average Bonchev–Trinajstić information content (AvgIpc) is 2.89. The molecule has 2 aromatic rings. The zero-order valence-corrected chi connectivity index (χ0v) is 16.8. The van der Waals surface area contributed by atoms with Crippen LogP contribution in [0, 0.1) is 6.92 Å². The first kappa shape index (κ1) is 18.3. The van der Waals surface area contributed by atoms with Gasteiger partial charge in [-0.1, -0.05) is 123 Å². The quantitative estimate of drug-likeness (QED) is 0.497. The smallest absolute Gasteiger partial charge is 0.0158 e. The summed E-state index contributed by atoms with van der Waals surface area (Å²) < 4.78 is 0. The third kappa shape index (κ3) is 3.39. The van der Waals surface area contributed by atoms with E-state index in [0.29, 0.717) is 0 Å². The molecule has 0 heterocycles. The highest BCUT2D eigenvalue weighted by Gasteiger charge is 2.35. The molecule has 28 heavy (non-hydrogen) atoms. The Balaban J connectivity index is 1.77. The Morgan fingerprint density at radius 3 is 2.29 bits per heavy atom. The van der Waals surface area contributed by atoms with Gasteiger partial charge in [-0.2, -0.15) is 0 Å². The van der Waals surface area contributed by atoms with E-state index in [0.717, 1.165) is 0 Å². The number of rotatable bonds is 1. The van der Waals surface area contributed by atoms with E-state index < -0.39 is 0 Å². The minimum Gasteiger partial charge on any atom is -0.0622 e. The Bertz CT molecular complexity index is 1060. The van der Waals surface area contributed by atoms with Gasteiger partial charge in [0.25, 0.3) is 0 Å². The van der Waals surface area contributed by atoms with Gasteiger partial charge in [0.2, 0.25) is 0 Å². The normalized spacial score (nSPS) is 17.6. The summed E-state index contributed by atoms with van der Waals surface area (Å²) in [5.41, 5.74) is 9.19. The molecule has 0 radical (unpaired) electrons. The molecule has 2 aromatic carbocycles. The van der Waals surface area contributed by atoms with E-state index in [1.54, 1.807) is 0 Å². The fourth-order valence-electron chi connectivity index (χ4n) is 4.08. The summed E-state index contributed by atoms with van der Waals surface area (Å²) >= 11 is 0. The Labute approximate surface area is 168 Å². The molecule has 0 spiro atoms. The van der Waals surface area contributed by atoms with Gasteiger partial charge in [-0.15, -0.1) is 0 Å². The largest absolute Gasteiger partial charge is 0.0622 e. The van der Waals surface area contributed by atoms with Gasteiger partial charge in [0, 0.05) is 5.41 Å². The molecule has 0 atom stereocenters. The zero-order valence-electron chi connectivity index (χ0n) is 16.8. The van der Waals surface area contributed by atoms with Crippen LogP contribution in [0.15, 0.2) is 109 Å². The van der Waals surface area contributed by atoms with Crippen molar-refractivity contribution in [3.63, 3.8) is 0 Å². The fourth-order valence-corrected chi connectivity index (χ4v) is 4.08. The maximum absolute atomic E-state index is 2.34. The topological polar surface area (TPSA) is 0 Å². The molecule has 0 amide bonds. The van der Waals surface area contributed by atoms with Crippen LogP contribution in [0.2, 0.25) is 0 Å². The predicted octanol–water partition coefficient (Wildman–Crippen LogP) is 7.36. The maximum Gasteiger partial charge on any atom is 0.0158 e. The van der Waals surface area contributed by atoms with Gasteiger partial charge in [-0.05, 0) is 40.3 Å². The summed E-state index contributed by atoms with van der Waals surface area (Å²) in [5, 5.41) is 0. The Hall–Kier alpha value is -3.12. The summed E-state index contributed by atoms with van der Waals surface area (Å²) in [7, 11) is 0. The molecule has 0 saturated carbocycles. The van der Waals surface area contributed by atoms with Crippen molar-refractivity contribution in [3.8, 4) is 0 Å². The van der Waals surface area contributed by atoms with E-state index >= 15 is 0 Å². The minimum absolute atomic E-state index is 0.00268. The standard InChI is InChI=1S/C28H26/c1-21-18-19-25-24-16-9-5-8-14-23(22-12-6-4-7-13-22)15-10-11-17-26(24)28(2,3)27(25)20-21/h4-20H,1-3H3. The van der Waals surface area contributed by atoms with Crippen LogP contribution in [-0.2, 0) is 5.41 Å². The lowest BCUT2D eigenvalue weighted by atomic mass is 9.80. The van der Waals surface area contributed by atoms with E-state index in [9.17, 15) is 0 Å². The van der Waals surface area contributed by atoms with Crippen molar-refractivity contribution in [2.24, 2.45) is 0 Å². The molecule has 0 nitrogen and oxygen atoms in total. The van der Waals surface area contributed by atoms with E-state index in [-0.39, 0.29) is 5.41 Å². The second kappa shape index (κ2) is 7.48. The molecular formula is C28H26. The summed E-state index contributed by atoms with van der Waals surface area (Å²) in [5.74, 6) is 0. The third-order valence-corrected chi connectivity index (χ3v) is 5.62. The summed E-state index contributed by atoms with van der Waals surface area (Å²) in [6.45, 7) is 6.82. The molecule has 138 valence electrons. The molecule has 0 heteroatoms. The van der Waals surface area contributed by atoms with Crippen molar-refractivity contribution in [1.82, 2.24) is 0 Å². The number of fused-ring (bicyclic) bond motifs is 2. The highest BCUT2D eigenvalue weighted by Crippen LogP contribution is 2.47. The molecule has 0 aliphatic heterocycles. The number of aryl methyl sites for hydroxylation is 1. The highest BCUT2D eigenvalue weighted by atomic mass is 14.4. The molecule has 2 aliphatic carbocycles. The fraction of sp³-hybridized carbons (Fsp3) is 0.143. The number of hydrogen-bond acceptors (Lipinski definition) is 0. The van der Waals surface area contributed by atoms with Gasteiger partial charge in [-0.25, -0.2) is 0 Å². The first-order chi connectivity index (χ1) is 13.6. The van der Waals surface area contributed by atoms with Crippen molar-refractivity contribution in [2.45, 2.75) is 26.2 Å². The van der Waals surface area contributed by atoms with Gasteiger partial charge in [0.05, 0.1) is 0 Å². The Morgan fingerprint density at radius 1 is 0.714 bits per heavy atom. The molecule has 0 saturated heterocycles. The number of hydrogen-bond donors (Lipinski definition) is 0. The minimum atomic E-state index is -0.00268. The van der Waals surface area contributed by atoms with Crippen LogP contribution in [0.4, 0.5) is 0 Å². The summed E-state index contributed by atoms with van der Waals surface area (Å²) in [6.07, 6.45) is 19.6. The maximum atomic E-state index is 2.34. The second-order valence-corrected chi connectivity index (χ2v) is 7.95. The summed E-state index contributed by atoms with van der Waals surface area (Å²) in [6, 6.07) is 17.3. The van der Waals surface area contributed by atoms with Gasteiger partial charge in [0.1, 0.15) is 0 Å². The van der Waals surface area contributed by atoms with Crippen molar-refractivity contribution in [3.05, 3.63) is 131 Å². The van der Waals surface area contributed by atoms with Gasteiger partial charge in [-0.3, -0.25) is 0 Å². The van der Waals surface area contributed by atoms with Gasteiger partial charge < -0.3 is 0 Å².